The molecule has 1 aliphatic carbocycles. The first kappa shape index (κ1) is 21.6. The van der Waals surface area contributed by atoms with Gasteiger partial charge in [-0.2, -0.15) is 4.98 Å². The van der Waals surface area contributed by atoms with Gasteiger partial charge in [-0.25, -0.2) is 8.78 Å². The van der Waals surface area contributed by atoms with Crippen LogP contribution in [-0.4, -0.2) is 19.7 Å². The molecule has 0 fully saturated rings. The molecule has 4 rings (SSSR count). The van der Waals surface area contributed by atoms with Gasteiger partial charge in [0.05, 0.1) is 0 Å². The number of hydrogen-bond donors (Lipinski definition) is 1. The quantitative estimate of drug-likeness (QED) is 0.550. The predicted octanol–water partition coefficient (Wildman–Crippen LogP) is 5.43. The Kier molecular flexibility index (Phi) is 6.27. The number of nitrogens with one attached hydrogen (secondary N) is 1. The number of aromatic nitrogens is 4. The minimum Gasteiger partial charge on any atom is -0.423 e. The van der Waals surface area contributed by atoms with Crippen LogP contribution in [0.15, 0.2) is 75.5 Å². The van der Waals surface area contributed by atoms with Crippen LogP contribution in [0.4, 0.5) is 20.4 Å². The summed E-state index contributed by atoms with van der Waals surface area (Å²) in [6.07, 6.45) is 6.70. The summed E-state index contributed by atoms with van der Waals surface area (Å²) in [5, 5.41) is 10.6. The van der Waals surface area contributed by atoms with Crippen molar-refractivity contribution in [1.82, 2.24) is 19.7 Å². The van der Waals surface area contributed by atoms with E-state index in [1.54, 1.807) is 10.6 Å². The molecule has 164 valence electrons. The van der Waals surface area contributed by atoms with Gasteiger partial charge in [-0.05, 0) is 54.8 Å². The Balaban J connectivity index is 1.70. The number of hydrogen-bond acceptors (Lipinski definition) is 6. The summed E-state index contributed by atoms with van der Waals surface area (Å²) in [5.41, 5.74) is 2.16. The molecule has 1 N–H and O–H groups in total. The maximum atomic E-state index is 14.0. The molecule has 0 aliphatic heterocycles. The molecule has 0 unspecified atom stereocenters. The van der Waals surface area contributed by atoms with Gasteiger partial charge in [-0.15, -0.1) is 10.2 Å². The molecule has 7 nitrogen and oxygen atoms in total. The third-order valence-corrected chi connectivity index (χ3v) is 5.10. The minimum atomic E-state index is -0.611. The van der Waals surface area contributed by atoms with Crippen molar-refractivity contribution in [3.8, 4) is 11.5 Å². The molecule has 0 saturated heterocycles. The molecule has 10 heteroatoms. The average molecular weight is 458 g/mol. The van der Waals surface area contributed by atoms with Gasteiger partial charge in [0.1, 0.15) is 16.7 Å². The molecule has 0 bridgehead atoms. The summed E-state index contributed by atoms with van der Waals surface area (Å²) >= 11 is 6.01. The van der Waals surface area contributed by atoms with E-state index in [0.29, 0.717) is 22.7 Å². The van der Waals surface area contributed by atoms with E-state index in [1.807, 2.05) is 19.1 Å². The van der Waals surface area contributed by atoms with Crippen LogP contribution >= 0.6 is 11.6 Å². The molecule has 1 aromatic carbocycles. The van der Waals surface area contributed by atoms with Crippen LogP contribution < -0.4 is 10.9 Å². The lowest BCUT2D eigenvalue weighted by atomic mass is 10.1. The fourth-order valence-electron chi connectivity index (χ4n) is 3.16. The van der Waals surface area contributed by atoms with Crippen LogP contribution in [0.25, 0.3) is 11.5 Å². The molecule has 2 aromatic heterocycles. The molecule has 0 atom stereocenters. The lowest BCUT2D eigenvalue weighted by Gasteiger charge is -2.17. The Morgan fingerprint density at radius 2 is 2.09 bits per heavy atom. The maximum absolute atomic E-state index is 14.0. The Bertz CT molecular complexity index is 1300. The molecule has 0 saturated carbocycles. The number of benzene rings is 1. The van der Waals surface area contributed by atoms with Crippen molar-refractivity contribution in [2.45, 2.75) is 26.3 Å². The zero-order valence-corrected chi connectivity index (χ0v) is 17.7. The van der Waals surface area contributed by atoms with Gasteiger partial charge in [0, 0.05) is 30.4 Å². The summed E-state index contributed by atoms with van der Waals surface area (Å²) in [5.74, 6) is -0.401. The van der Waals surface area contributed by atoms with E-state index in [1.165, 1.54) is 30.8 Å². The van der Waals surface area contributed by atoms with Gasteiger partial charge in [-0.1, -0.05) is 17.7 Å². The Morgan fingerprint density at radius 1 is 1.25 bits per heavy atom. The second kappa shape index (κ2) is 9.27. The fourth-order valence-corrected chi connectivity index (χ4v) is 3.32. The Morgan fingerprint density at radius 3 is 2.88 bits per heavy atom. The first-order chi connectivity index (χ1) is 15.4. The average Bonchev–Trinajstić information content (AvgIpc) is 3.29. The molecule has 0 radical (unpaired) electrons. The van der Waals surface area contributed by atoms with E-state index < -0.39 is 17.2 Å². The van der Waals surface area contributed by atoms with E-state index >= 15 is 0 Å². The smallest absolute Gasteiger partial charge is 0.293 e. The van der Waals surface area contributed by atoms with Crippen molar-refractivity contribution in [2.75, 3.05) is 5.32 Å². The monoisotopic (exact) mass is 457 g/mol. The highest BCUT2D eigenvalue weighted by molar-refractivity contribution is 6.30. The van der Waals surface area contributed by atoms with Crippen LogP contribution in [-0.2, 0) is 6.54 Å². The van der Waals surface area contributed by atoms with Gasteiger partial charge in [-0.3, -0.25) is 4.79 Å². The first-order valence-corrected chi connectivity index (χ1v) is 10.1. The number of allylic oxidation sites excluding steroid dienone is 6. The topological polar surface area (TPSA) is 85.8 Å². The summed E-state index contributed by atoms with van der Waals surface area (Å²) < 4.78 is 34.6. The largest absolute Gasteiger partial charge is 0.423 e. The molecule has 2 heterocycles. The molecule has 0 spiro atoms. The van der Waals surface area contributed by atoms with Crippen LogP contribution in [0.1, 0.15) is 18.4 Å². The predicted molar refractivity (Wildman–Crippen MR) is 117 cm³/mol. The summed E-state index contributed by atoms with van der Waals surface area (Å²) in [7, 11) is 0. The standard InChI is InChI=1S/C22H18ClF2N5O2/c1-13-2-4-15(21-29-26-12-32-21)9-19(13)27-22-28-20(31)18(23)11-30(22)10-14-3-5-16(24)6-7-17(25)8-14/h2,4-5,7-9,11-12H,3,6,10H2,1H3,(H,27,28,31)/b14-8+,16-5+,17-7+. The molecule has 1 aliphatic rings. The van der Waals surface area contributed by atoms with E-state index in [-0.39, 0.29) is 30.4 Å². The SMILES string of the molecule is Cc1ccc(-c2nnco2)cc1Nc1nc(=O)c(Cl)cn1C/C1=C/C(F)=C\C/C(F)=C\C1. The third kappa shape index (κ3) is 5.00. The van der Waals surface area contributed by atoms with Crippen LogP contribution in [0.3, 0.4) is 0 Å². The Labute approximate surface area is 186 Å². The fraction of sp³-hybridized carbons (Fsp3) is 0.182. The normalized spacial score (nSPS) is 19.1. The lowest BCUT2D eigenvalue weighted by molar-refractivity contribution is 0.568. The Hall–Kier alpha value is -3.59. The zero-order chi connectivity index (χ0) is 22.7. The van der Waals surface area contributed by atoms with Crippen molar-refractivity contribution < 1.29 is 13.2 Å². The van der Waals surface area contributed by atoms with Crippen molar-refractivity contribution >= 4 is 23.2 Å². The van der Waals surface area contributed by atoms with Crippen molar-refractivity contribution in [1.29, 1.82) is 0 Å². The third-order valence-electron chi connectivity index (χ3n) is 4.84. The number of aryl methyl sites for hydroxylation is 1. The number of rotatable bonds is 5. The van der Waals surface area contributed by atoms with E-state index in [0.717, 1.165) is 5.56 Å². The minimum absolute atomic E-state index is 0.0799. The molecule has 32 heavy (non-hydrogen) atoms. The maximum Gasteiger partial charge on any atom is 0.293 e. The van der Waals surface area contributed by atoms with Crippen molar-refractivity contribution in [3.63, 3.8) is 0 Å². The molecule has 3 aromatic rings. The van der Waals surface area contributed by atoms with Gasteiger partial charge >= 0.3 is 0 Å². The van der Waals surface area contributed by atoms with Crippen LogP contribution in [0.2, 0.25) is 5.02 Å². The lowest BCUT2D eigenvalue weighted by Crippen LogP contribution is -2.18. The van der Waals surface area contributed by atoms with Crippen molar-refractivity contribution in [3.05, 3.63) is 87.2 Å². The van der Waals surface area contributed by atoms with Gasteiger partial charge in [0.2, 0.25) is 18.2 Å². The summed E-state index contributed by atoms with van der Waals surface area (Å²) in [6.45, 7) is 2.02. The molecular weight excluding hydrogens is 440 g/mol. The highest BCUT2D eigenvalue weighted by Crippen LogP contribution is 2.27. The van der Waals surface area contributed by atoms with E-state index in [9.17, 15) is 13.6 Å². The summed E-state index contributed by atoms with van der Waals surface area (Å²) in [6, 6.07) is 5.46. The van der Waals surface area contributed by atoms with E-state index in [4.69, 9.17) is 16.0 Å². The summed E-state index contributed by atoms with van der Waals surface area (Å²) in [4.78, 5) is 16.2. The molecule has 0 amide bonds. The highest BCUT2D eigenvalue weighted by Gasteiger charge is 2.13. The number of anilines is 2. The zero-order valence-electron chi connectivity index (χ0n) is 17.0. The first-order valence-electron chi connectivity index (χ1n) is 9.70. The highest BCUT2D eigenvalue weighted by atomic mass is 35.5. The van der Waals surface area contributed by atoms with E-state index in [2.05, 4.69) is 20.5 Å². The van der Waals surface area contributed by atoms with Gasteiger partial charge in [0.15, 0.2) is 0 Å². The van der Waals surface area contributed by atoms with Gasteiger partial charge < -0.3 is 14.3 Å². The number of halogens is 3. The van der Waals surface area contributed by atoms with Crippen LogP contribution in [0.5, 0.6) is 0 Å². The second-order valence-electron chi connectivity index (χ2n) is 7.19. The van der Waals surface area contributed by atoms with Crippen LogP contribution in [0, 0.1) is 6.92 Å². The van der Waals surface area contributed by atoms with Crippen molar-refractivity contribution in [2.24, 2.45) is 0 Å². The molecular formula is C22H18ClF2N5O2. The second-order valence-corrected chi connectivity index (χ2v) is 7.60. The van der Waals surface area contributed by atoms with Gasteiger partial charge in [0.25, 0.3) is 5.56 Å². The number of nitrogens with zero attached hydrogens (tertiary/aromatic N) is 4.